The van der Waals surface area contributed by atoms with Crippen molar-refractivity contribution in [3.63, 3.8) is 0 Å². The maximum atomic E-state index is 12.5. The van der Waals surface area contributed by atoms with E-state index in [1.165, 1.54) is 0 Å². The summed E-state index contributed by atoms with van der Waals surface area (Å²) in [6.07, 6.45) is 1.13. The van der Waals surface area contributed by atoms with Gasteiger partial charge in [-0.3, -0.25) is 9.59 Å². The molecule has 0 bridgehead atoms. The summed E-state index contributed by atoms with van der Waals surface area (Å²) in [5.41, 5.74) is 9.03. The van der Waals surface area contributed by atoms with Gasteiger partial charge in [-0.1, -0.05) is 24.3 Å². The van der Waals surface area contributed by atoms with Crippen LogP contribution in [0.2, 0.25) is 0 Å². The van der Waals surface area contributed by atoms with Crippen LogP contribution in [-0.2, 0) is 16.1 Å². The second-order valence-electron chi connectivity index (χ2n) is 7.64. The van der Waals surface area contributed by atoms with E-state index in [0.29, 0.717) is 34.0 Å². The molecule has 1 aromatic heterocycles. The Morgan fingerprint density at radius 2 is 1.85 bits per heavy atom. The van der Waals surface area contributed by atoms with Crippen molar-refractivity contribution in [1.29, 1.82) is 5.41 Å². The molecule has 0 unspecified atom stereocenters. The van der Waals surface area contributed by atoms with Crippen LogP contribution in [0.25, 0.3) is 20.5 Å². The topological polar surface area (TPSA) is 127 Å². The third kappa shape index (κ3) is 4.16. The van der Waals surface area contributed by atoms with E-state index >= 15 is 0 Å². The molecule has 8 nitrogen and oxygen atoms in total. The van der Waals surface area contributed by atoms with Crippen LogP contribution in [-0.4, -0.2) is 24.8 Å². The first kappa shape index (κ1) is 21.5. The average Bonchev–Trinajstić information content (AvgIpc) is 3.49. The number of amides is 2. The van der Waals surface area contributed by atoms with E-state index < -0.39 is 11.8 Å². The van der Waals surface area contributed by atoms with Gasteiger partial charge in [0.2, 0.25) is 6.79 Å². The van der Waals surface area contributed by atoms with Crippen molar-refractivity contribution in [2.24, 2.45) is 0 Å². The molecule has 0 radical (unpaired) electrons. The van der Waals surface area contributed by atoms with Gasteiger partial charge in [0.25, 0.3) is 0 Å². The molecule has 3 aromatic carbocycles. The van der Waals surface area contributed by atoms with Crippen molar-refractivity contribution in [2.75, 3.05) is 17.8 Å². The lowest BCUT2D eigenvalue weighted by Crippen LogP contribution is -2.35. The number of hydrogen-bond acceptors (Lipinski definition) is 7. The lowest BCUT2D eigenvalue weighted by atomic mass is 10.0. The number of carbonyl (C=O) groups is 2. The van der Waals surface area contributed by atoms with Crippen LogP contribution in [0.3, 0.4) is 0 Å². The maximum Gasteiger partial charge on any atom is 0.313 e. The average molecular weight is 473 g/mol. The first-order valence-electron chi connectivity index (χ1n) is 10.4. The summed E-state index contributed by atoms with van der Waals surface area (Å²) in [6, 6.07) is 18.6. The number of benzene rings is 3. The fraction of sp³-hybridized carbons (Fsp3) is 0.0800. The normalized spacial score (nSPS) is 11.9. The van der Waals surface area contributed by atoms with Gasteiger partial charge >= 0.3 is 11.8 Å². The Morgan fingerprint density at radius 3 is 2.68 bits per heavy atom. The molecule has 2 amide bonds. The second kappa shape index (κ2) is 8.87. The largest absolute Gasteiger partial charge is 0.454 e. The van der Waals surface area contributed by atoms with Gasteiger partial charge in [0.05, 0.1) is 0 Å². The third-order valence-corrected chi connectivity index (χ3v) is 6.56. The smallest absolute Gasteiger partial charge is 0.313 e. The number of hydrogen-bond donors (Lipinski definition) is 4. The van der Waals surface area contributed by atoms with Gasteiger partial charge in [-0.05, 0) is 47.3 Å². The maximum absolute atomic E-state index is 12.5. The van der Waals surface area contributed by atoms with Crippen molar-refractivity contribution < 1.29 is 19.1 Å². The Hall–Kier alpha value is -4.37. The molecule has 1 aliphatic rings. The minimum atomic E-state index is -0.816. The molecule has 1 aliphatic heterocycles. The molecule has 5 rings (SSSR count). The third-order valence-electron chi connectivity index (χ3n) is 5.41. The van der Waals surface area contributed by atoms with E-state index in [4.69, 9.17) is 20.6 Å². The SMILES string of the molecule is N=Cc1cc(NC(=O)C(=O)NCc2ccc3c(c2)OCO3)cc(-c2cc3ccccc3s2)c1N. The molecule has 0 spiro atoms. The molecular weight excluding hydrogens is 452 g/mol. The standard InChI is InChI=1S/C25H20N4O4S/c26-11-16-8-17(10-18(23(16)27)22-9-15-3-1-2-4-21(15)34-22)29-25(31)24(30)28-12-14-5-6-19-20(7-14)33-13-32-19/h1-11,26H,12-13,27H2,(H,28,30)(H,29,31). The van der Waals surface area contributed by atoms with E-state index in [0.717, 1.165) is 26.7 Å². The zero-order valence-corrected chi connectivity index (χ0v) is 18.7. The molecule has 5 N–H and O–H groups in total. The van der Waals surface area contributed by atoms with Gasteiger partial charge in [0, 0.05) is 44.8 Å². The van der Waals surface area contributed by atoms with Crippen molar-refractivity contribution in [3.8, 4) is 21.9 Å². The first-order valence-corrected chi connectivity index (χ1v) is 11.2. The van der Waals surface area contributed by atoms with Crippen LogP contribution >= 0.6 is 11.3 Å². The van der Waals surface area contributed by atoms with Crippen LogP contribution in [0.15, 0.2) is 60.7 Å². The molecule has 9 heteroatoms. The Labute approximate surface area is 198 Å². The highest BCUT2D eigenvalue weighted by Crippen LogP contribution is 2.39. The summed E-state index contributed by atoms with van der Waals surface area (Å²) in [7, 11) is 0. The summed E-state index contributed by atoms with van der Waals surface area (Å²) in [6.45, 7) is 0.319. The number of anilines is 2. The highest BCUT2D eigenvalue weighted by atomic mass is 32.1. The summed E-state index contributed by atoms with van der Waals surface area (Å²) in [5, 5.41) is 14.0. The van der Waals surface area contributed by atoms with E-state index in [9.17, 15) is 9.59 Å². The van der Waals surface area contributed by atoms with Gasteiger partial charge in [-0.25, -0.2) is 0 Å². The molecular formula is C25H20N4O4S. The Morgan fingerprint density at radius 1 is 1.03 bits per heavy atom. The number of ether oxygens (including phenoxy) is 2. The molecule has 34 heavy (non-hydrogen) atoms. The summed E-state index contributed by atoms with van der Waals surface area (Å²) < 4.78 is 11.7. The highest BCUT2D eigenvalue weighted by Gasteiger charge is 2.18. The van der Waals surface area contributed by atoms with E-state index in [1.807, 2.05) is 30.3 Å². The summed E-state index contributed by atoms with van der Waals surface area (Å²) in [4.78, 5) is 25.8. The number of nitrogens with one attached hydrogen (secondary N) is 3. The Balaban J connectivity index is 1.33. The molecule has 170 valence electrons. The van der Waals surface area contributed by atoms with Gasteiger partial charge in [-0.2, -0.15) is 0 Å². The van der Waals surface area contributed by atoms with E-state index in [2.05, 4.69) is 10.6 Å². The number of nitrogens with two attached hydrogens (primary N) is 1. The second-order valence-corrected chi connectivity index (χ2v) is 8.73. The number of nitrogen functional groups attached to an aromatic ring is 1. The van der Waals surface area contributed by atoms with Crippen molar-refractivity contribution in [2.45, 2.75) is 6.54 Å². The van der Waals surface area contributed by atoms with Gasteiger partial charge in [0.1, 0.15) is 0 Å². The summed E-state index contributed by atoms with van der Waals surface area (Å²) >= 11 is 1.57. The number of carbonyl (C=O) groups excluding carboxylic acids is 2. The molecule has 0 saturated carbocycles. The minimum absolute atomic E-state index is 0.156. The molecule has 0 fully saturated rings. The Kier molecular flexibility index (Phi) is 5.60. The highest BCUT2D eigenvalue weighted by molar-refractivity contribution is 7.22. The Bertz CT molecular complexity index is 1410. The van der Waals surface area contributed by atoms with Crippen LogP contribution in [0.5, 0.6) is 11.5 Å². The monoisotopic (exact) mass is 472 g/mol. The van der Waals surface area contributed by atoms with E-state index in [-0.39, 0.29) is 13.3 Å². The number of rotatable bonds is 5. The molecule has 2 heterocycles. The van der Waals surface area contributed by atoms with E-state index in [1.54, 1.807) is 41.7 Å². The number of thiophene rings is 1. The van der Waals surface area contributed by atoms with Gasteiger partial charge < -0.3 is 31.3 Å². The summed E-state index contributed by atoms with van der Waals surface area (Å²) in [5.74, 6) is -0.350. The molecule has 0 aliphatic carbocycles. The van der Waals surface area contributed by atoms with Gasteiger partial charge in [0.15, 0.2) is 11.5 Å². The van der Waals surface area contributed by atoms with Gasteiger partial charge in [-0.15, -0.1) is 11.3 Å². The fourth-order valence-corrected chi connectivity index (χ4v) is 4.78. The van der Waals surface area contributed by atoms with Crippen LogP contribution in [0.4, 0.5) is 11.4 Å². The van der Waals surface area contributed by atoms with Crippen molar-refractivity contribution in [1.82, 2.24) is 5.32 Å². The zero-order valence-electron chi connectivity index (χ0n) is 17.9. The predicted octanol–water partition coefficient (Wildman–Crippen LogP) is 4.13. The van der Waals surface area contributed by atoms with Crippen molar-refractivity contribution >= 4 is 50.8 Å². The fourth-order valence-electron chi connectivity index (χ4n) is 3.69. The molecule has 4 aromatic rings. The number of fused-ring (bicyclic) bond motifs is 2. The lowest BCUT2D eigenvalue weighted by Gasteiger charge is -2.12. The first-order chi connectivity index (χ1) is 16.5. The quantitative estimate of drug-likeness (QED) is 0.197. The predicted molar refractivity (Wildman–Crippen MR) is 133 cm³/mol. The lowest BCUT2D eigenvalue weighted by molar-refractivity contribution is -0.136. The minimum Gasteiger partial charge on any atom is -0.454 e. The molecule has 0 saturated heterocycles. The van der Waals surface area contributed by atoms with Crippen LogP contribution < -0.4 is 25.8 Å². The van der Waals surface area contributed by atoms with Crippen LogP contribution in [0.1, 0.15) is 11.1 Å². The zero-order chi connectivity index (χ0) is 23.7. The van der Waals surface area contributed by atoms with Crippen LogP contribution in [0, 0.1) is 5.41 Å². The van der Waals surface area contributed by atoms with Crippen molar-refractivity contribution in [3.05, 3.63) is 71.8 Å². The molecule has 0 atom stereocenters.